The molecule has 2 N–H and O–H groups in total. The maximum absolute atomic E-state index is 12.5. The largest absolute Gasteiger partial charge is 0.488 e. The highest BCUT2D eigenvalue weighted by Gasteiger charge is 2.19. The number of nitriles is 1. The molecule has 0 spiro atoms. The number of hydrogen-bond acceptors (Lipinski definition) is 11. The van der Waals surface area contributed by atoms with Gasteiger partial charge in [-0.15, -0.1) is 21.5 Å². The number of rotatable bonds is 8. The van der Waals surface area contributed by atoms with Gasteiger partial charge in [0.1, 0.15) is 6.07 Å². The highest BCUT2D eigenvalue weighted by atomic mass is 32.1. The molecule has 1 amide bonds. The summed E-state index contributed by atoms with van der Waals surface area (Å²) in [6.45, 7) is 0.797. The van der Waals surface area contributed by atoms with Crippen LogP contribution in [0.25, 0.3) is 9.88 Å². The van der Waals surface area contributed by atoms with Crippen molar-refractivity contribution in [1.82, 2.24) is 10.2 Å². The fourth-order valence-electron chi connectivity index (χ4n) is 2.29. The molecule has 3 aromatic heterocycles. The molecule has 0 bridgehead atoms. The van der Waals surface area contributed by atoms with Crippen LogP contribution in [0.15, 0.2) is 26.7 Å². The number of ether oxygens (including phenoxy) is 2. The van der Waals surface area contributed by atoms with Gasteiger partial charge in [-0.05, 0) is 11.4 Å². The molecule has 0 aliphatic carbocycles. The topological polar surface area (TPSA) is 139 Å². The number of amides is 1. The Kier molecular flexibility index (Phi) is 6.55. The number of aromatic nitrogens is 2. The summed E-state index contributed by atoms with van der Waals surface area (Å²) in [5, 5.41) is 25.0. The molecule has 3 aromatic rings. The van der Waals surface area contributed by atoms with Gasteiger partial charge in [0.15, 0.2) is 10.8 Å². The van der Waals surface area contributed by atoms with E-state index in [0.717, 1.165) is 11.3 Å². The number of anilines is 2. The minimum absolute atomic E-state index is 0.0439. The first kappa shape index (κ1) is 20.5. The van der Waals surface area contributed by atoms with Crippen molar-refractivity contribution in [3.05, 3.63) is 39.3 Å². The molecule has 0 unspecified atom stereocenters. The zero-order chi connectivity index (χ0) is 20.8. The Balaban J connectivity index is 1.80. The van der Waals surface area contributed by atoms with Crippen LogP contribution < -0.4 is 21.0 Å². The van der Waals surface area contributed by atoms with Crippen molar-refractivity contribution in [2.75, 3.05) is 38.0 Å². The third-order valence-electron chi connectivity index (χ3n) is 3.58. The number of thiophene rings is 1. The Morgan fingerprint density at radius 3 is 2.93 bits per heavy atom. The summed E-state index contributed by atoms with van der Waals surface area (Å²) >= 11 is 2.46. The van der Waals surface area contributed by atoms with Crippen molar-refractivity contribution < 1.29 is 18.7 Å². The molecule has 150 valence electrons. The summed E-state index contributed by atoms with van der Waals surface area (Å²) in [5.41, 5.74) is -0.00614. The minimum atomic E-state index is -0.796. The van der Waals surface area contributed by atoms with Crippen LogP contribution in [-0.4, -0.2) is 43.5 Å². The zero-order valence-electron chi connectivity index (χ0n) is 15.3. The number of nitrogens with zero attached hydrogens (tertiary/aromatic N) is 3. The second-order valence-electron chi connectivity index (χ2n) is 5.41. The highest BCUT2D eigenvalue weighted by molar-refractivity contribution is 7.23. The molecule has 0 radical (unpaired) electrons. The molecular formula is C17H15N5O5S2. The van der Waals surface area contributed by atoms with E-state index >= 15 is 0 Å². The third kappa shape index (κ3) is 4.60. The maximum atomic E-state index is 12.5. The van der Waals surface area contributed by atoms with Crippen LogP contribution in [0, 0.1) is 11.3 Å². The first-order chi connectivity index (χ1) is 14.1. The Hall–Kier alpha value is -3.27. The predicted octanol–water partition coefficient (Wildman–Crippen LogP) is 2.41. The monoisotopic (exact) mass is 433 g/mol. The lowest BCUT2D eigenvalue weighted by Crippen LogP contribution is -2.18. The second-order valence-corrected chi connectivity index (χ2v) is 7.30. The summed E-state index contributed by atoms with van der Waals surface area (Å²) in [6, 6.07) is 5.12. The molecule has 0 fully saturated rings. The summed E-state index contributed by atoms with van der Waals surface area (Å²) in [4.78, 5) is 25.3. The first-order valence-corrected chi connectivity index (χ1v) is 9.84. The van der Waals surface area contributed by atoms with Gasteiger partial charge in [-0.3, -0.25) is 10.1 Å². The molecule has 29 heavy (non-hydrogen) atoms. The van der Waals surface area contributed by atoms with E-state index in [1.54, 1.807) is 18.6 Å². The van der Waals surface area contributed by atoms with E-state index in [-0.39, 0.29) is 16.6 Å². The van der Waals surface area contributed by atoms with Crippen molar-refractivity contribution in [2.24, 2.45) is 0 Å². The van der Waals surface area contributed by atoms with Crippen LogP contribution in [0.4, 0.5) is 10.8 Å². The van der Waals surface area contributed by atoms with Gasteiger partial charge in [-0.1, -0.05) is 11.3 Å². The summed E-state index contributed by atoms with van der Waals surface area (Å²) in [7, 11) is 2.87. The molecule has 0 atom stereocenters. The molecule has 0 aromatic carbocycles. The Morgan fingerprint density at radius 2 is 2.21 bits per heavy atom. The Bertz CT molecular complexity index is 1110. The lowest BCUT2D eigenvalue weighted by molar-refractivity contribution is 0.0991. The van der Waals surface area contributed by atoms with E-state index < -0.39 is 11.5 Å². The standard InChI is InChI=1S/C17H15N5O5S2/c1-25-5-4-19-10-7-11(27-16(24)12(10)26-2)14(23)20-17-22-21-15(29-17)13-9(8-18)3-6-28-13/h3,6-7,19H,4-5H2,1-2H3,(H,20,22,23). The zero-order valence-corrected chi connectivity index (χ0v) is 17.0. The van der Waals surface area contributed by atoms with E-state index in [1.807, 2.05) is 0 Å². The molecular weight excluding hydrogens is 418 g/mol. The van der Waals surface area contributed by atoms with Crippen LogP contribution in [0.1, 0.15) is 16.1 Å². The lowest BCUT2D eigenvalue weighted by atomic mass is 10.3. The SMILES string of the molecule is COCCNc1cc(C(=O)Nc2nnc(-c3sccc3C#N)s2)oc(=O)c1OC. The average molecular weight is 433 g/mol. The van der Waals surface area contributed by atoms with Crippen LogP contribution >= 0.6 is 22.7 Å². The quantitative estimate of drug-likeness (QED) is 0.512. The van der Waals surface area contributed by atoms with Crippen molar-refractivity contribution in [2.45, 2.75) is 0 Å². The highest BCUT2D eigenvalue weighted by Crippen LogP contribution is 2.33. The number of carbonyl (C=O) groups excluding carboxylic acids is 1. The molecule has 0 aliphatic rings. The van der Waals surface area contributed by atoms with Crippen LogP contribution in [0.3, 0.4) is 0 Å². The molecule has 10 nitrogen and oxygen atoms in total. The smallest absolute Gasteiger partial charge is 0.381 e. The van der Waals surface area contributed by atoms with E-state index in [1.165, 1.54) is 24.5 Å². The molecule has 0 saturated heterocycles. The molecule has 0 saturated carbocycles. The number of hydrogen-bond donors (Lipinski definition) is 2. The molecule has 12 heteroatoms. The van der Waals surface area contributed by atoms with E-state index in [2.05, 4.69) is 26.9 Å². The molecule has 3 rings (SSSR count). The molecule has 3 heterocycles. The van der Waals surface area contributed by atoms with E-state index in [0.29, 0.717) is 34.3 Å². The summed E-state index contributed by atoms with van der Waals surface area (Å²) in [5.74, 6) is -0.937. The number of carbonyl (C=O) groups is 1. The van der Waals surface area contributed by atoms with E-state index in [9.17, 15) is 9.59 Å². The van der Waals surface area contributed by atoms with Crippen LogP contribution in [0.2, 0.25) is 0 Å². The normalized spacial score (nSPS) is 10.4. The Labute approximate surface area is 172 Å². The number of methoxy groups -OCH3 is 2. The van der Waals surface area contributed by atoms with E-state index in [4.69, 9.17) is 19.2 Å². The predicted molar refractivity (Wildman–Crippen MR) is 108 cm³/mol. The van der Waals surface area contributed by atoms with Crippen molar-refractivity contribution >= 4 is 39.4 Å². The van der Waals surface area contributed by atoms with Gasteiger partial charge >= 0.3 is 5.63 Å². The fraction of sp³-hybridized carbons (Fsp3) is 0.235. The van der Waals surface area contributed by atoms with Gasteiger partial charge in [0, 0.05) is 19.7 Å². The Morgan fingerprint density at radius 1 is 1.38 bits per heavy atom. The van der Waals surface area contributed by atoms with Gasteiger partial charge in [-0.2, -0.15) is 5.26 Å². The van der Waals surface area contributed by atoms with Crippen LogP contribution in [0.5, 0.6) is 5.75 Å². The summed E-state index contributed by atoms with van der Waals surface area (Å²) in [6.07, 6.45) is 0. The first-order valence-electron chi connectivity index (χ1n) is 8.15. The summed E-state index contributed by atoms with van der Waals surface area (Å²) < 4.78 is 15.0. The fourth-order valence-corrected chi connectivity index (χ4v) is 3.98. The minimum Gasteiger partial charge on any atom is -0.488 e. The van der Waals surface area contributed by atoms with Gasteiger partial charge in [-0.25, -0.2) is 4.79 Å². The van der Waals surface area contributed by atoms with Gasteiger partial charge in [0.2, 0.25) is 10.9 Å². The average Bonchev–Trinajstić information content (AvgIpc) is 3.36. The maximum Gasteiger partial charge on any atom is 0.381 e. The second kappa shape index (κ2) is 9.28. The third-order valence-corrected chi connectivity index (χ3v) is 5.49. The van der Waals surface area contributed by atoms with Gasteiger partial charge in [0.05, 0.1) is 29.8 Å². The van der Waals surface area contributed by atoms with Crippen molar-refractivity contribution in [3.8, 4) is 21.7 Å². The van der Waals surface area contributed by atoms with Gasteiger partial charge in [0.25, 0.3) is 5.91 Å². The lowest BCUT2D eigenvalue weighted by Gasteiger charge is -2.10. The van der Waals surface area contributed by atoms with Crippen molar-refractivity contribution in [1.29, 1.82) is 5.26 Å². The van der Waals surface area contributed by atoms with Crippen molar-refractivity contribution in [3.63, 3.8) is 0 Å². The molecule has 0 aliphatic heterocycles. The number of nitrogens with one attached hydrogen (secondary N) is 2. The van der Waals surface area contributed by atoms with Crippen LogP contribution in [-0.2, 0) is 4.74 Å². The van der Waals surface area contributed by atoms with Gasteiger partial charge < -0.3 is 19.2 Å².